The van der Waals surface area contributed by atoms with E-state index in [9.17, 15) is 50.1 Å². The maximum absolute atomic E-state index is 14.4. The number of carbonyl (C=O) groups excluding carboxylic acids is 3. The maximum atomic E-state index is 14.4. The van der Waals surface area contributed by atoms with E-state index in [1.165, 1.54) is 41.8 Å². The molecule has 0 unspecified atom stereocenters. The second-order valence-corrected chi connectivity index (χ2v) is 17.5. The molecule has 330 valence electrons. The van der Waals surface area contributed by atoms with Crippen LogP contribution in [-0.2, 0) is 6.42 Å². The lowest BCUT2D eigenvalue weighted by molar-refractivity contribution is 0.102. The van der Waals surface area contributed by atoms with Crippen LogP contribution in [0.3, 0.4) is 0 Å². The van der Waals surface area contributed by atoms with Gasteiger partial charge in [0.2, 0.25) is 17.3 Å². The Hall–Kier alpha value is -6.30. The number of para-hydroxylation sites is 1. The molecule has 4 heterocycles. The van der Waals surface area contributed by atoms with Gasteiger partial charge in [-0.05, 0) is 59.7 Å². The van der Waals surface area contributed by atoms with Gasteiger partial charge in [-0.15, -0.1) is 11.3 Å². The zero-order valence-corrected chi connectivity index (χ0v) is 37.6. The topological polar surface area (TPSA) is 253 Å². The smallest absolute Gasteiger partial charge is 0.216 e. The first-order valence-corrected chi connectivity index (χ1v) is 21.7. The number of aromatic nitrogens is 4. The quantitative estimate of drug-likeness (QED) is 0.0515. The number of hydrogen-bond acceptors (Lipinski definition) is 12. The number of aromatic amines is 3. The van der Waals surface area contributed by atoms with E-state index >= 15 is 0 Å². The Kier molecular flexibility index (Phi) is 12.3. The fraction of sp³-hybridized carbons (Fsp3) is 0.0455. The molecule has 4 aromatic heterocycles. The fourth-order valence-corrected chi connectivity index (χ4v) is 9.04. The molecule has 0 aliphatic rings. The number of aromatic hydroxyl groups is 7. The summed E-state index contributed by atoms with van der Waals surface area (Å²) in [6, 6.07) is 15.7. The summed E-state index contributed by atoms with van der Waals surface area (Å²) in [4.78, 5) is 54.4. The monoisotopic (exact) mass is 1010 g/mol. The number of phenolic OH excluding ortho intramolecular Hbond substituents is 7. The Labute approximate surface area is 399 Å². The molecular weight excluding hydrogens is 989 g/mol. The largest absolute Gasteiger partial charge is 0.507 e. The number of thiazole rings is 1. The van der Waals surface area contributed by atoms with E-state index in [2.05, 4.69) is 15.0 Å². The van der Waals surface area contributed by atoms with Crippen molar-refractivity contribution in [3.8, 4) is 50.8 Å². The number of H-pyrrole nitrogens is 3. The van der Waals surface area contributed by atoms with Crippen molar-refractivity contribution >= 4 is 98.3 Å². The number of carbonyl (C=O) groups is 3. The highest BCUT2D eigenvalue weighted by Gasteiger charge is 2.35. The zero-order valence-electron chi connectivity index (χ0n) is 32.3. The lowest BCUT2D eigenvalue weighted by Crippen LogP contribution is -2.12. The number of phenols is 7. The summed E-state index contributed by atoms with van der Waals surface area (Å²) < 4.78 is 0. The molecule has 10 N–H and O–H groups in total. The van der Waals surface area contributed by atoms with Gasteiger partial charge in [-0.25, -0.2) is 4.98 Å². The molecule has 0 aliphatic heterocycles. The van der Waals surface area contributed by atoms with Crippen molar-refractivity contribution in [1.82, 2.24) is 19.9 Å². The van der Waals surface area contributed by atoms with Gasteiger partial charge in [0.15, 0.2) is 0 Å². The molecule has 21 heteroatoms. The van der Waals surface area contributed by atoms with E-state index in [0.717, 1.165) is 29.5 Å². The van der Waals surface area contributed by atoms with E-state index in [1.54, 1.807) is 18.2 Å². The number of hydrogen-bond donors (Lipinski definition) is 10. The first kappa shape index (κ1) is 45.3. The molecular formula is C44H26Cl6N4O10S. The van der Waals surface area contributed by atoms with Crippen molar-refractivity contribution in [2.24, 2.45) is 0 Å². The molecule has 4 aromatic carbocycles. The van der Waals surface area contributed by atoms with Crippen molar-refractivity contribution in [1.29, 1.82) is 0 Å². The second kappa shape index (κ2) is 17.6. The lowest BCUT2D eigenvalue weighted by atomic mass is 9.82. The van der Waals surface area contributed by atoms with Gasteiger partial charge in [-0.3, -0.25) is 14.4 Å². The third-order valence-corrected chi connectivity index (χ3v) is 13.3. The summed E-state index contributed by atoms with van der Waals surface area (Å²) in [6.45, 7) is 0. The summed E-state index contributed by atoms with van der Waals surface area (Å²) in [6.07, 6.45) is -0.503. The normalized spacial score (nSPS) is 11.8. The van der Waals surface area contributed by atoms with Crippen molar-refractivity contribution < 1.29 is 50.1 Å². The molecule has 0 saturated carbocycles. The summed E-state index contributed by atoms with van der Waals surface area (Å²) in [7, 11) is 0. The Morgan fingerprint density at radius 1 is 0.538 bits per heavy atom. The van der Waals surface area contributed by atoms with Crippen LogP contribution in [0.5, 0.6) is 40.2 Å². The van der Waals surface area contributed by atoms with E-state index in [4.69, 9.17) is 74.6 Å². The average Bonchev–Trinajstić information content (AvgIpc) is 4.05. The third kappa shape index (κ3) is 8.21. The minimum absolute atomic E-state index is 0.00913. The van der Waals surface area contributed by atoms with E-state index in [-0.39, 0.29) is 86.3 Å². The van der Waals surface area contributed by atoms with Crippen molar-refractivity contribution in [3.05, 3.63) is 170 Å². The van der Waals surface area contributed by atoms with Gasteiger partial charge < -0.3 is 50.7 Å². The molecule has 14 nitrogen and oxygen atoms in total. The van der Waals surface area contributed by atoms with Crippen LogP contribution < -0.4 is 0 Å². The summed E-state index contributed by atoms with van der Waals surface area (Å²) in [5.41, 5.74) is -2.93. The summed E-state index contributed by atoms with van der Waals surface area (Å²) in [5.74, 6) is -9.07. The van der Waals surface area contributed by atoms with Crippen LogP contribution in [-0.4, -0.2) is 73.0 Å². The molecule has 0 aliphatic carbocycles. The minimum Gasteiger partial charge on any atom is -0.507 e. The second-order valence-electron chi connectivity index (χ2n) is 14.3. The molecule has 0 radical (unpaired) electrons. The highest BCUT2D eigenvalue weighted by Crippen LogP contribution is 2.50. The van der Waals surface area contributed by atoms with Crippen LogP contribution in [0.4, 0.5) is 0 Å². The molecule has 0 bridgehead atoms. The number of halogens is 6. The number of rotatable bonds is 12. The number of benzene rings is 4. The Morgan fingerprint density at radius 2 is 1.02 bits per heavy atom. The SMILES string of the molecule is O=C(c1cc(Cl)c(Cl)[nH]1)c1c(O)ccc(Cc2cc([C@@H](c3csc(-c4ccccc4O)n3)c3ccc(O)c(C(=O)c4cc(Cl)c(Cl)[nH]4)c3O)c(O)c(C(=O)c3cc(Cl)c(Cl)[nH]3)c2O)c1O. The minimum atomic E-state index is -1.48. The predicted octanol–water partition coefficient (Wildman–Crippen LogP) is 11.1. The predicted molar refractivity (Wildman–Crippen MR) is 245 cm³/mol. The molecule has 0 amide bonds. The Balaban J connectivity index is 1.38. The highest BCUT2D eigenvalue weighted by molar-refractivity contribution is 7.13. The van der Waals surface area contributed by atoms with Crippen LogP contribution in [0.15, 0.2) is 78.2 Å². The van der Waals surface area contributed by atoms with Crippen LogP contribution in [0, 0.1) is 0 Å². The Bertz CT molecular complexity index is 3230. The van der Waals surface area contributed by atoms with Gasteiger partial charge in [0.1, 0.15) is 77.4 Å². The third-order valence-electron chi connectivity index (χ3n) is 10.4. The standard InChI is InChI=1S/C44H26Cl6N4O10S/c45-20-11-23(51-41(20)48)38(62)31-28(56)7-5-15(34(31)58)9-16-10-19(37(61)33(35(16)59)40(64)25-13-22(47)43(50)53-25)30(26-14-65-44(54-26)17-3-1-2-4-27(17)55)18-6-8-29(57)32(36(18)60)39(63)24-12-21(46)42(49)52-24/h1-8,10-14,30,51-53,55-61H,9H2/t30-/m0/s1. The fourth-order valence-electron chi connectivity index (χ4n) is 7.23. The van der Waals surface area contributed by atoms with Crippen LogP contribution in [0.25, 0.3) is 10.6 Å². The first-order chi connectivity index (χ1) is 30.9. The van der Waals surface area contributed by atoms with Gasteiger partial charge in [0.25, 0.3) is 0 Å². The molecule has 0 saturated heterocycles. The van der Waals surface area contributed by atoms with Gasteiger partial charge in [0, 0.05) is 22.9 Å². The average molecular weight is 1020 g/mol. The van der Waals surface area contributed by atoms with Crippen LogP contribution in [0.2, 0.25) is 30.5 Å². The first-order valence-electron chi connectivity index (χ1n) is 18.5. The van der Waals surface area contributed by atoms with E-state index < -0.39 is 80.9 Å². The van der Waals surface area contributed by atoms with Crippen molar-refractivity contribution in [2.75, 3.05) is 0 Å². The van der Waals surface area contributed by atoms with Crippen LogP contribution >= 0.6 is 80.9 Å². The molecule has 0 spiro atoms. The van der Waals surface area contributed by atoms with Gasteiger partial charge in [-0.1, -0.05) is 93.9 Å². The summed E-state index contributed by atoms with van der Waals surface area (Å²) in [5, 5.41) is 81.9. The molecule has 0 fully saturated rings. The molecule has 8 aromatic rings. The van der Waals surface area contributed by atoms with Gasteiger partial charge in [-0.2, -0.15) is 0 Å². The van der Waals surface area contributed by atoms with Crippen molar-refractivity contribution in [2.45, 2.75) is 12.3 Å². The number of ketones is 3. The number of nitrogens with zero attached hydrogens (tertiary/aromatic N) is 1. The molecule has 65 heavy (non-hydrogen) atoms. The molecule has 8 rings (SSSR count). The van der Waals surface area contributed by atoms with E-state index in [0.29, 0.717) is 5.56 Å². The van der Waals surface area contributed by atoms with Gasteiger partial charge >= 0.3 is 0 Å². The number of nitrogens with one attached hydrogen (secondary N) is 3. The molecule has 1 atom stereocenters. The summed E-state index contributed by atoms with van der Waals surface area (Å²) >= 11 is 37.6. The van der Waals surface area contributed by atoms with Crippen LogP contribution in [0.1, 0.15) is 82.0 Å². The highest BCUT2D eigenvalue weighted by atomic mass is 35.5. The Morgan fingerprint density at radius 3 is 1.54 bits per heavy atom. The van der Waals surface area contributed by atoms with Gasteiger partial charge in [0.05, 0.1) is 49.3 Å². The zero-order chi connectivity index (χ0) is 46.8. The van der Waals surface area contributed by atoms with E-state index in [1.807, 2.05) is 0 Å². The lowest BCUT2D eigenvalue weighted by Gasteiger charge is -2.23. The maximum Gasteiger partial charge on any atom is 0.216 e. The van der Waals surface area contributed by atoms with Crippen molar-refractivity contribution in [3.63, 3.8) is 0 Å².